The van der Waals surface area contributed by atoms with Crippen LogP contribution in [0.25, 0.3) is 11.3 Å². The molecule has 1 amide bonds. The lowest BCUT2D eigenvalue weighted by molar-refractivity contribution is -0.113. The molecule has 1 aromatic heterocycles. The third-order valence-corrected chi connectivity index (χ3v) is 5.17. The van der Waals surface area contributed by atoms with Crippen molar-refractivity contribution in [2.24, 2.45) is 0 Å². The van der Waals surface area contributed by atoms with Crippen molar-refractivity contribution in [2.45, 2.75) is 5.75 Å². The van der Waals surface area contributed by atoms with E-state index < -0.39 is 0 Å². The fraction of sp³-hybridized carbons (Fsp3) is 0.105. The molecular weight excluding hydrogens is 350 g/mol. The zero-order valence-electron chi connectivity index (χ0n) is 13.3. The van der Waals surface area contributed by atoms with Gasteiger partial charge in [-0.3, -0.25) is 4.79 Å². The van der Waals surface area contributed by atoms with Crippen LogP contribution in [0.2, 0.25) is 0 Å². The molecular formula is C19H15N3OS2. The fourth-order valence-electron chi connectivity index (χ4n) is 2.17. The number of amides is 1. The van der Waals surface area contributed by atoms with E-state index in [1.54, 1.807) is 12.1 Å². The third-order valence-electron chi connectivity index (χ3n) is 3.41. The van der Waals surface area contributed by atoms with Gasteiger partial charge in [-0.2, -0.15) is 5.26 Å². The quantitative estimate of drug-likeness (QED) is 0.696. The summed E-state index contributed by atoms with van der Waals surface area (Å²) < 4.78 is 0. The molecule has 0 atom stereocenters. The number of benzene rings is 2. The number of nitriles is 1. The number of carbonyl (C=O) groups excluding carboxylic acids is 1. The molecule has 3 rings (SSSR count). The Bertz CT molecular complexity index is 883. The van der Waals surface area contributed by atoms with E-state index in [4.69, 9.17) is 5.26 Å². The van der Waals surface area contributed by atoms with Crippen molar-refractivity contribution >= 4 is 34.1 Å². The number of rotatable bonds is 6. The van der Waals surface area contributed by atoms with Crippen LogP contribution in [0.3, 0.4) is 0 Å². The van der Waals surface area contributed by atoms with Gasteiger partial charge >= 0.3 is 0 Å². The van der Waals surface area contributed by atoms with Gasteiger partial charge in [-0.1, -0.05) is 42.5 Å². The molecule has 2 aromatic carbocycles. The predicted octanol–water partition coefficient (Wildman–Crippen LogP) is 4.55. The lowest BCUT2D eigenvalue weighted by atomic mass is 10.2. The zero-order chi connectivity index (χ0) is 17.5. The van der Waals surface area contributed by atoms with E-state index in [9.17, 15) is 4.79 Å². The van der Waals surface area contributed by atoms with Crippen molar-refractivity contribution in [1.29, 1.82) is 5.26 Å². The smallest absolute Gasteiger partial charge is 0.236 e. The molecule has 0 fully saturated rings. The summed E-state index contributed by atoms with van der Waals surface area (Å²) in [7, 11) is 0. The lowest BCUT2D eigenvalue weighted by Gasteiger charge is -2.03. The molecule has 0 spiro atoms. The van der Waals surface area contributed by atoms with Gasteiger partial charge < -0.3 is 5.32 Å². The summed E-state index contributed by atoms with van der Waals surface area (Å²) in [6.45, 7) is 0. The first-order valence-corrected chi connectivity index (χ1v) is 9.65. The minimum Gasteiger partial charge on any atom is -0.301 e. The molecule has 0 bridgehead atoms. The number of nitrogens with zero attached hydrogens (tertiary/aromatic N) is 2. The van der Waals surface area contributed by atoms with Crippen molar-refractivity contribution in [3.8, 4) is 17.3 Å². The van der Waals surface area contributed by atoms with Crippen LogP contribution < -0.4 is 5.32 Å². The van der Waals surface area contributed by atoms with Crippen molar-refractivity contribution in [3.63, 3.8) is 0 Å². The number of aromatic nitrogens is 1. The van der Waals surface area contributed by atoms with E-state index >= 15 is 0 Å². The Labute approximate surface area is 154 Å². The Balaban J connectivity index is 1.48. The first kappa shape index (κ1) is 17.2. The number of nitrogens with one attached hydrogen (secondary N) is 1. The molecule has 25 heavy (non-hydrogen) atoms. The fourth-order valence-corrected chi connectivity index (χ4v) is 3.69. The van der Waals surface area contributed by atoms with E-state index in [-0.39, 0.29) is 5.91 Å². The average Bonchev–Trinajstić information content (AvgIpc) is 3.11. The Kier molecular flexibility index (Phi) is 5.83. The highest BCUT2D eigenvalue weighted by Crippen LogP contribution is 2.24. The summed E-state index contributed by atoms with van der Waals surface area (Å²) in [5.41, 5.74) is 3.64. The maximum absolute atomic E-state index is 12.0. The van der Waals surface area contributed by atoms with Crippen LogP contribution in [0.1, 0.15) is 11.1 Å². The molecule has 6 heteroatoms. The molecule has 0 aliphatic heterocycles. The van der Waals surface area contributed by atoms with Gasteiger partial charge in [0.1, 0.15) is 0 Å². The number of thiazole rings is 1. The summed E-state index contributed by atoms with van der Waals surface area (Å²) in [5.74, 6) is 1.03. The minimum atomic E-state index is -0.0624. The molecule has 0 saturated carbocycles. The van der Waals surface area contributed by atoms with Gasteiger partial charge in [0.2, 0.25) is 5.91 Å². The molecule has 3 aromatic rings. The number of thioether (sulfide) groups is 1. The van der Waals surface area contributed by atoms with Crippen molar-refractivity contribution < 1.29 is 4.79 Å². The Morgan fingerprint density at radius 1 is 1.16 bits per heavy atom. The monoisotopic (exact) mass is 365 g/mol. The third kappa shape index (κ3) is 4.92. The van der Waals surface area contributed by atoms with E-state index in [0.717, 1.165) is 22.6 Å². The number of hydrogen-bond donors (Lipinski definition) is 1. The van der Waals surface area contributed by atoms with Gasteiger partial charge in [-0.05, 0) is 17.7 Å². The van der Waals surface area contributed by atoms with Crippen LogP contribution in [-0.2, 0) is 10.5 Å². The lowest BCUT2D eigenvalue weighted by Crippen LogP contribution is -2.13. The molecule has 0 aliphatic rings. The summed E-state index contributed by atoms with van der Waals surface area (Å²) in [6.07, 6.45) is 0. The van der Waals surface area contributed by atoms with Gasteiger partial charge in [0.05, 0.1) is 23.1 Å². The molecule has 0 saturated heterocycles. The van der Waals surface area contributed by atoms with E-state index in [1.165, 1.54) is 23.1 Å². The van der Waals surface area contributed by atoms with Crippen LogP contribution in [0.5, 0.6) is 0 Å². The van der Waals surface area contributed by atoms with Crippen molar-refractivity contribution in [2.75, 3.05) is 11.1 Å². The van der Waals surface area contributed by atoms with Gasteiger partial charge in [0.25, 0.3) is 0 Å². The zero-order valence-corrected chi connectivity index (χ0v) is 14.9. The molecule has 0 unspecified atom stereocenters. The largest absolute Gasteiger partial charge is 0.301 e. The molecule has 1 N–H and O–H groups in total. The second-order valence-corrected chi connectivity index (χ2v) is 7.10. The minimum absolute atomic E-state index is 0.0624. The number of hydrogen-bond acceptors (Lipinski definition) is 5. The highest BCUT2D eigenvalue weighted by molar-refractivity contribution is 7.99. The number of carbonyl (C=O) groups is 1. The second kappa shape index (κ2) is 8.47. The Hall–Kier alpha value is -2.62. The van der Waals surface area contributed by atoms with E-state index in [1.807, 2.05) is 47.8 Å². The normalized spacial score (nSPS) is 10.2. The van der Waals surface area contributed by atoms with Gasteiger partial charge in [-0.15, -0.1) is 23.1 Å². The van der Waals surface area contributed by atoms with E-state index in [2.05, 4.69) is 16.4 Å². The van der Waals surface area contributed by atoms with Crippen LogP contribution in [0.15, 0.2) is 60.0 Å². The number of anilines is 1. The van der Waals surface area contributed by atoms with Crippen LogP contribution in [0, 0.1) is 11.3 Å². The van der Waals surface area contributed by atoms with Crippen molar-refractivity contribution in [3.05, 3.63) is 71.1 Å². The molecule has 0 radical (unpaired) electrons. The first-order valence-electron chi connectivity index (χ1n) is 7.62. The van der Waals surface area contributed by atoms with Gasteiger partial charge in [0, 0.05) is 16.7 Å². The standard InChI is InChI=1S/C19H15N3OS2/c20-10-14-6-8-15(9-7-14)11-24-13-18(23)22-19-21-17(12-25-19)16-4-2-1-3-5-16/h1-9,12H,11,13H2,(H,21,22,23). The summed E-state index contributed by atoms with van der Waals surface area (Å²) >= 11 is 2.96. The van der Waals surface area contributed by atoms with Crippen LogP contribution in [-0.4, -0.2) is 16.6 Å². The average molecular weight is 365 g/mol. The SMILES string of the molecule is N#Cc1ccc(CSCC(=O)Nc2nc(-c3ccccc3)cs2)cc1. The Morgan fingerprint density at radius 3 is 2.64 bits per heavy atom. The molecule has 0 aliphatic carbocycles. The second-order valence-electron chi connectivity index (χ2n) is 5.25. The molecule has 124 valence electrons. The summed E-state index contributed by atoms with van der Waals surface area (Å²) in [4.78, 5) is 16.5. The topological polar surface area (TPSA) is 65.8 Å². The summed E-state index contributed by atoms with van der Waals surface area (Å²) in [6, 6.07) is 19.4. The van der Waals surface area contributed by atoms with Crippen molar-refractivity contribution in [1.82, 2.24) is 4.98 Å². The summed E-state index contributed by atoms with van der Waals surface area (Å²) in [5, 5.41) is 14.2. The highest BCUT2D eigenvalue weighted by Gasteiger charge is 2.08. The molecule has 4 nitrogen and oxygen atoms in total. The van der Waals surface area contributed by atoms with Gasteiger partial charge in [-0.25, -0.2) is 4.98 Å². The highest BCUT2D eigenvalue weighted by atomic mass is 32.2. The molecule has 1 heterocycles. The van der Waals surface area contributed by atoms with Crippen LogP contribution in [0.4, 0.5) is 5.13 Å². The maximum Gasteiger partial charge on any atom is 0.236 e. The predicted molar refractivity (Wildman–Crippen MR) is 103 cm³/mol. The van der Waals surface area contributed by atoms with Gasteiger partial charge in [0.15, 0.2) is 5.13 Å². The van der Waals surface area contributed by atoms with Crippen LogP contribution >= 0.6 is 23.1 Å². The maximum atomic E-state index is 12.0. The Morgan fingerprint density at radius 2 is 1.92 bits per heavy atom. The van der Waals surface area contributed by atoms with E-state index in [0.29, 0.717) is 16.4 Å². The first-order chi connectivity index (χ1) is 12.2.